The van der Waals surface area contributed by atoms with Crippen LogP contribution in [-0.4, -0.2) is 9.38 Å². The van der Waals surface area contributed by atoms with Crippen LogP contribution in [0, 0.1) is 13.8 Å². The van der Waals surface area contributed by atoms with Crippen LogP contribution in [0.3, 0.4) is 0 Å². The lowest BCUT2D eigenvalue weighted by Gasteiger charge is -2.06. The first-order valence-corrected chi connectivity index (χ1v) is 6.52. The van der Waals surface area contributed by atoms with Crippen molar-refractivity contribution in [3.63, 3.8) is 0 Å². The molecule has 2 heterocycles. The monoisotopic (exact) mass is 246 g/mol. The summed E-state index contributed by atoms with van der Waals surface area (Å²) >= 11 is 0. The molecule has 4 rings (SSSR count). The van der Waals surface area contributed by atoms with E-state index in [0.717, 1.165) is 11.2 Å². The molecule has 0 fully saturated rings. The van der Waals surface area contributed by atoms with Gasteiger partial charge >= 0.3 is 0 Å². The van der Waals surface area contributed by atoms with Gasteiger partial charge in [0.1, 0.15) is 0 Å². The Balaban J connectivity index is 2.44. The van der Waals surface area contributed by atoms with Crippen molar-refractivity contribution in [3.05, 3.63) is 59.8 Å². The molecule has 0 bridgehead atoms. The van der Waals surface area contributed by atoms with E-state index in [1.807, 2.05) is 6.07 Å². The second-order valence-corrected chi connectivity index (χ2v) is 5.01. The van der Waals surface area contributed by atoms with E-state index in [1.54, 1.807) is 0 Å². The summed E-state index contributed by atoms with van der Waals surface area (Å²) in [6.45, 7) is 4.27. The summed E-state index contributed by atoms with van der Waals surface area (Å²) in [5, 5.41) is 1.31. The van der Waals surface area contributed by atoms with Crippen LogP contribution in [0.4, 0.5) is 0 Å². The molecule has 0 saturated heterocycles. The van der Waals surface area contributed by atoms with Crippen molar-refractivity contribution in [2.24, 2.45) is 0 Å². The maximum absolute atomic E-state index is 4.74. The molecule has 19 heavy (non-hydrogen) atoms. The van der Waals surface area contributed by atoms with Gasteiger partial charge in [-0.25, -0.2) is 4.98 Å². The van der Waals surface area contributed by atoms with Gasteiger partial charge in [0, 0.05) is 5.39 Å². The van der Waals surface area contributed by atoms with E-state index in [9.17, 15) is 0 Å². The van der Waals surface area contributed by atoms with Crippen molar-refractivity contribution in [2.45, 2.75) is 13.8 Å². The second kappa shape index (κ2) is 3.58. The van der Waals surface area contributed by atoms with Crippen LogP contribution in [0.15, 0.2) is 48.5 Å². The predicted molar refractivity (Wildman–Crippen MR) is 79.7 cm³/mol. The van der Waals surface area contributed by atoms with Gasteiger partial charge < -0.3 is 4.40 Å². The molecule has 0 amide bonds. The van der Waals surface area contributed by atoms with Crippen molar-refractivity contribution < 1.29 is 0 Å². The summed E-state index contributed by atoms with van der Waals surface area (Å²) in [6, 6.07) is 16.9. The zero-order valence-corrected chi connectivity index (χ0v) is 11.0. The van der Waals surface area contributed by atoms with Crippen LogP contribution in [0.2, 0.25) is 0 Å². The van der Waals surface area contributed by atoms with Gasteiger partial charge in [-0.05, 0) is 37.6 Å². The van der Waals surface area contributed by atoms with E-state index in [0.29, 0.717) is 0 Å². The molecule has 2 aromatic heterocycles. The highest BCUT2D eigenvalue weighted by Crippen LogP contribution is 2.30. The predicted octanol–water partition coefficient (Wildman–Crippen LogP) is 4.26. The molecule has 0 atom stereocenters. The Morgan fingerprint density at radius 3 is 2.37 bits per heavy atom. The van der Waals surface area contributed by atoms with Crippen molar-refractivity contribution in [1.29, 1.82) is 0 Å². The lowest BCUT2D eigenvalue weighted by molar-refractivity contribution is 1.19. The van der Waals surface area contributed by atoms with E-state index in [2.05, 4.69) is 60.7 Å². The maximum atomic E-state index is 4.74. The first kappa shape index (κ1) is 10.6. The minimum atomic E-state index is 1.05. The summed E-state index contributed by atoms with van der Waals surface area (Å²) in [4.78, 5) is 4.74. The summed E-state index contributed by atoms with van der Waals surface area (Å²) in [5.41, 5.74) is 7.12. The van der Waals surface area contributed by atoms with Crippen molar-refractivity contribution in [3.8, 4) is 0 Å². The topological polar surface area (TPSA) is 17.3 Å². The third kappa shape index (κ3) is 1.28. The number of fused-ring (bicyclic) bond motifs is 5. The molecule has 2 heteroatoms. The minimum Gasteiger partial charge on any atom is -0.306 e. The minimum absolute atomic E-state index is 1.05. The lowest BCUT2D eigenvalue weighted by atomic mass is 10.1. The zero-order chi connectivity index (χ0) is 13.0. The van der Waals surface area contributed by atoms with E-state index in [-0.39, 0.29) is 0 Å². The third-order valence-electron chi connectivity index (χ3n) is 3.88. The highest BCUT2D eigenvalue weighted by molar-refractivity contribution is 5.97. The summed E-state index contributed by atoms with van der Waals surface area (Å²) in [5.74, 6) is 0. The number of aromatic nitrogens is 2. The Hall–Kier alpha value is -2.35. The Morgan fingerprint density at radius 1 is 0.842 bits per heavy atom. The lowest BCUT2D eigenvalue weighted by Crippen LogP contribution is -1.94. The summed E-state index contributed by atoms with van der Waals surface area (Å²) < 4.78 is 2.34. The normalized spacial score (nSPS) is 11.7. The summed E-state index contributed by atoms with van der Waals surface area (Å²) in [7, 11) is 0. The van der Waals surface area contributed by atoms with Crippen LogP contribution >= 0.6 is 0 Å². The molecule has 0 aliphatic heterocycles. The molecule has 0 radical (unpaired) electrons. The van der Waals surface area contributed by atoms with Crippen LogP contribution in [0.1, 0.15) is 11.3 Å². The molecule has 0 N–H and O–H groups in total. The van der Waals surface area contributed by atoms with Crippen molar-refractivity contribution in [2.75, 3.05) is 0 Å². The largest absolute Gasteiger partial charge is 0.306 e. The molecule has 0 spiro atoms. The standard InChI is InChI=1S/C17H14N2/c1-11-13-7-3-5-9-15(13)19-16-10-6-4-8-14(16)18-12(2)17(11)19/h3-10H,1-2H3. The number of para-hydroxylation sites is 3. The van der Waals surface area contributed by atoms with Crippen LogP contribution in [0.25, 0.3) is 27.5 Å². The average Bonchev–Trinajstić information content (AvgIpc) is 2.74. The molecular weight excluding hydrogens is 232 g/mol. The van der Waals surface area contributed by atoms with Gasteiger partial charge in [0.2, 0.25) is 0 Å². The Kier molecular flexibility index (Phi) is 1.99. The van der Waals surface area contributed by atoms with Gasteiger partial charge in [-0.15, -0.1) is 0 Å². The van der Waals surface area contributed by atoms with Gasteiger partial charge in [-0.3, -0.25) is 0 Å². The fraction of sp³-hybridized carbons (Fsp3) is 0.118. The molecule has 2 nitrogen and oxygen atoms in total. The molecule has 92 valence electrons. The third-order valence-corrected chi connectivity index (χ3v) is 3.88. The molecule has 0 aliphatic carbocycles. The molecule has 0 aliphatic rings. The van der Waals surface area contributed by atoms with E-state index in [1.165, 1.54) is 27.5 Å². The zero-order valence-electron chi connectivity index (χ0n) is 11.0. The van der Waals surface area contributed by atoms with Gasteiger partial charge in [-0.2, -0.15) is 0 Å². The Morgan fingerprint density at radius 2 is 1.53 bits per heavy atom. The van der Waals surface area contributed by atoms with Gasteiger partial charge in [0.15, 0.2) is 0 Å². The number of hydrogen-bond acceptors (Lipinski definition) is 1. The van der Waals surface area contributed by atoms with Crippen molar-refractivity contribution in [1.82, 2.24) is 9.38 Å². The number of aryl methyl sites for hydroxylation is 2. The average molecular weight is 246 g/mol. The number of hydrogen-bond donors (Lipinski definition) is 0. The van der Waals surface area contributed by atoms with Crippen LogP contribution in [-0.2, 0) is 0 Å². The molecule has 0 saturated carbocycles. The Bertz CT molecular complexity index is 932. The smallest absolute Gasteiger partial charge is 0.0874 e. The van der Waals surface area contributed by atoms with Crippen molar-refractivity contribution >= 4 is 27.5 Å². The first-order chi connectivity index (χ1) is 9.27. The fourth-order valence-corrected chi connectivity index (χ4v) is 3.07. The molecule has 4 aromatic rings. The van der Waals surface area contributed by atoms with E-state index in [4.69, 9.17) is 4.98 Å². The van der Waals surface area contributed by atoms with Crippen LogP contribution in [0.5, 0.6) is 0 Å². The Labute approximate surface area is 111 Å². The highest BCUT2D eigenvalue weighted by Gasteiger charge is 2.13. The molecule has 0 unspecified atom stereocenters. The number of nitrogens with zero attached hydrogens (tertiary/aromatic N) is 2. The first-order valence-electron chi connectivity index (χ1n) is 6.52. The maximum Gasteiger partial charge on any atom is 0.0874 e. The number of benzene rings is 2. The van der Waals surface area contributed by atoms with Gasteiger partial charge in [-0.1, -0.05) is 30.3 Å². The summed E-state index contributed by atoms with van der Waals surface area (Å²) in [6.07, 6.45) is 0. The van der Waals surface area contributed by atoms with Gasteiger partial charge in [0.05, 0.1) is 27.8 Å². The second-order valence-electron chi connectivity index (χ2n) is 5.01. The van der Waals surface area contributed by atoms with E-state index < -0.39 is 0 Å². The fourth-order valence-electron chi connectivity index (χ4n) is 3.07. The van der Waals surface area contributed by atoms with Gasteiger partial charge in [0.25, 0.3) is 0 Å². The molecule has 2 aromatic carbocycles. The van der Waals surface area contributed by atoms with Crippen LogP contribution < -0.4 is 0 Å². The quantitative estimate of drug-likeness (QED) is 0.453. The highest BCUT2D eigenvalue weighted by atomic mass is 14.9. The molecular formula is C17H14N2. The SMILES string of the molecule is Cc1nc2ccccc2n2c1c(C)c1ccccc12. The van der Waals surface area contributed by atoms with E-state index >= 15 is 0 Å². The number of rotatable bonds is 0.